The first kappa shape index (κ1) is 11.5. The second kappa shape index (κ2) is 4.75. The predicted molar refractivity (Wildman–Crippen MR) is 63.3 cm³/mol. The molecule has 0 bridgehead atoms. The van der Waals surface area contributed by atoms with Crippen LogP contribution in [-0.4, -0.2) is 11.0 Å². The van der Waals surface area contributed by atoms with Gasteiger partial charge in [-0.1, -0.05) is 12.1 Å². The van der Waals surface area contributed by atoms with Gasteiger partial charge in [-0.05, 0) is 43.3 Å². The predicted octanol–water partition coefficient (Wildman–Crippen LogP) is 0.781. The number of hydrogen-bond acceptors (Lipinski definition) is 2. The fourth-order valence-electron chi connectivity index (χ4n) is 1.18. The molecular formula is C10H13N3OS. The molecule has 0 unspecified atom stereocenters. The smallest absolute Gasteiger partial charge is 0.269 e. The van der Waals surface area contributed by atoms with E-state index in [0.29, 0.717) is 5.56 Å². The second-order valence-corrected chi connectivity index (χ2v) is 3.63. The maximum absolute atomic E-state index is 11.6. The molecule has 1 aromatic carbocycles. The Morgan fingerprint density at radius 3 is 2.60 bits per heavy atom. The van der Waals surface area contributed by atoms with Gasteiger partial charge in [-0.2, -0.15) is 0 Å². The molecule has 0 saturated heterocycles. The zero-order chi connectivity index (χ0) is 11.4. The van der Waals surface area contributed by atoms with Crippen LogP contribution < -0.4 is 16.6 Å². The minimum absolute atomic E-state index is 0.0358. The lowest BCUT2D eigenvalue weighted by Crippen LogP contribution is -2.44. The summed E-state index contributed by atoms with van der Waals surface area (Å²) < 4.78 is 0. The second-order valence-electron chi connectivity index (χ2n) is 3.19. The lowest BCUT2D eigenvalue weighted by Gasteiger charge is -2.09. The summed E-state index contributed by atoms with van der Waals surface area (Å²) in [5, 5.41) is 0.0358. The van der Waals surface area contributed by atoms with Crippen molar-refractivity contribution in [2.24, 2.45) is 5.73 Å². The largest absolute Gasteiger partial charge is 0.375 e. The summed E-state index contributed by atoms with van der Waals surface area (Å²) in [6.07, 6.45) is 0. The molecule has 1 rings (SSSR count). The van der Waals surface area contributed by atoms with E-state index in [0.717, 1.165) is 11.1 Å². The van der Waals surface area contributed by atoms with Crippen LogP contribution in [-0.2, 0) is 0 Å². The average molecular weight is 223 g/mol. The van der Waals surface area contributed by atoms with Crippen molar-refractivity contribution in [1.82, 2.24) is 10.9 Å². The summed E-state index contributed by atoms with van der Waals surface area (Å²) >= 11 is 4.57. The number of benzene rings is 1. The van der Waals surface area contributed by atoms with E-state index in [9.17, 15) is 4.79 Å². The van der Waals surface area contributed by atoms with Gasteiger partial charge in [-0.25, -0.2) is 0 Å². The zero-order valence-corrected chi connectivity index (χ0v) is 9.44. The number of carbonyl (C=O) groups excluding carboxylic acids is 1. The number of carbonyl (C=O) groups is 1. The van der Waals surface area contributed by atoms with Crippen LogP contribution in [0.2, 0.25) is 0 Å². The lowest BCUT2D eigenvalue weighted by molar-refractivity contribution is 0.0943. The van der Waals surface area contributed by atoms with Crippen molar-refractivity contribution in [3.63, 3.8) is 0 Å². The Morgan fingerprint density at radius 2 is 2.00 bits per heavy atom. The van der Waals surface area contributed by atoms with Gasteiger partial charge in [-0.3, -0.25) is 15.6 Å². The molecule has 0 radical (unpaired) electrons. The Kier molecular flexibility index (Phi) is 3.62. The Labute approximate surface area is 93.8 Å². The molecule has 4 N–H and O–H groups in total. The van der Waals surface area contributed by atoms with Crippen LogP contribution in [0, 0.1) is 13.8 Å². The van der Waals surface area contributed by atoms with Gasteiger partial charge < -0.3 is 5.73 Å². The summed E-state index contributed by atoms with van der Waals surface area (Å²) in [6.45, 7) is 3.85. The van der Waals surface area contributed by atoms with E-state index in [2.05, 4.69) is 23.1 Å². The van der Waals surface area contributed by atoms with Crippen LogP contribution >= 0.6 is 12.2 Å². The van der Waals surface area contributed by atoms with E-state index in [4.69, 9.17) is 5.73 Å². The molecular weight excluding hydrogens is 210 g/mol. The molecule has 0 aliphatic heterocycles. The normalized spacial score (nSPS) is 9.47. The highest BCUT2D eigenvalue weighted by molar-refractivity contribution is 7.80. The third-order valence-electron chi connectivity index (χ3n) is 2.15. The van der Waals surface area contributed by atoms with Gasteiger partial charge in [0.15, 0.2) is 5.11 Å². The van der Waals surface area contributed by atoms with Crippen molar-refractivity contribution in [2.75, 3.05) is 0 Å². The summed E-state index contributed by atoms with van der Waals surface area (Å²) in [6, 6.07) is 5.53. The van der Waals surface area contributed by atoms with Crippen LogP contribution in [0.4, 0.5) is 0 Å². The summed E-state index contributed by atoms with van der Waals surface area (Å²) in [5.41, 5.74) is 12.6. The van der Waals surface area contributed by atoms with E-state index in [1.54, 1.807) is 6.07 Å². The number of aryl methyl sites for hydroxylation is 1. The highest BCUT2D eigenvalue weighted by atomic mass is 32.1. The van der Waals surface area contributed by atoms with Gasteiger partial charge in [0.2, 0.25) is 0 Å². The molecule has 80 valence electrons. The Hall–Kier alpha value is -1.62. The van der Waals surface area contributed by atoms with E-state index in [-0.39, 0.29) is 11.0 Å². The molecule has 5 heteroatoms. The van der Waals surface area contributed by atoms with E-state index in [1.165, 1.54) is 0 Å². The molecule has 0 spiro atoms. The fraction of sp³-hybridized carbons (Fsp3) is 0.200. The van der Waals surface area contributed by atoms with Crippen molar-refractivity contribution in [2.45, 2.75) is 13.8 Å². The highest BCUT2D eigenvalue weighted by Crippen LogP contribution is 2.11. The van der Waals surface area contributed by atoms with Crippen LogP contribution in [0.5, 0.6) is 0 Å². The molecule has 0 saturated carbocycles. The number of amides is 1. The van der Waals surface area contributed by atoms with Crippen molar-refractivity contribution >= 4 is 23.2 Å². The first-order valence-electron chi connectivity index (χ1n) is 4.44. The molecule has 1 amide bonds. The van der Waals surface area contributed by atoms with Gasteiger partial charge in [0, 0.05) is 5.56 Å². The summed E-state index contributed by atoms with van der Waals surface area (Å²) in [4.78, 5) is 11.6. The summed E-state index contributed by atoms with van der Waals surface area (Å²) in [7, 11) is 0. The van der Waals surface area contributed by atoms with E-state index in [1.807, 2.05) is 26.0 Å². The number of hydrazine groups is 1. The molecule has 0 fully saturated rings. The third-order valence-corrected chi connectivity index (χ3v) is 2.25. The number of hydrogen-bond donors (Lipinski definition) is 3. The Bertz CT molecular complexity index is 404. The standard InChI is InChI=1S/C10H13N3OS/c1-6-4-3-5-8(7(6)2)9(14)12-13-10(11)15/h3-5H,1-2H3,(H,12,14)(H3,11,13,15). The van der Waals surface area contributed by atoms with E-state index >= 15 is 0 Å². The van der Waals surface area contributed by atoms with Crippen molar-refractivity contribution in [3.8, 4) is 0 Å². The van der Waals surface area contributed by atoms with Crippen LogP contribution in [0.25, 0.3) is 0 Å². The maximum atomic E-state index is 11.6. The van der Waals surface area contributed by atoms with Gasteiger partial charge in [0.25, 0.3) is 5.91 Å². The van der Waals surface area contributed by atoms with Gasteiger partial charge >= 0.3 is 0 Å². The van der Waals surface area contributed by atoms with Crippen LogP contribution in [0.1, 0.15) is 21.5 Å². The topological polar surface area (TPSA) is 67.2 Å². The Balaban J connectivity index is 2.82. The summed E-state index contributed by atoms with van der Waals surface area (Å²) in [5.74, 6) is -0.246. The van der Waals surface area contributed by atoms with Gasteiger partial charge in [0.1, 0.15) is 0 Å². The van der Waals surface area contributed by atoms with Crippen LogP contribution in [0.3, 0.4) is 0 Å². The van der Waals surface area contributed by atoms with Gasteiger partial charge in [0.05, 0.1) is 0 Å². The lowest BCUT2D eigenvalue weighted by atomic mass is 10.0. The third kappa shape index (κ3) is 2.92. The quantitative estimate of drug-likeness (QED) is 0.486. The minimum atomic E-state index is -0.246. The fourth-order valence-corrected chi connectivity index (χ4v) is 1.23. The molecule has 0 aliphatic carbocycles. The van der Waals surface area contributed by atoms with Crippen molar-refractivity contribution in [1.29, 1.82) is 0 Å². The Morgan fingerprint density at radius 1 is 1.33 bits per heavy atom. The zero-order valence-electron chi connectivity index (χ0n) is 8.63. The van der Waals surface area contributed by atoms with Crippen molar-refractivity contribution in [3.05, 3.63) is 34.9 Å². The first-order chi connectivity index (χ1) is 7.02. The molecule has 0 aliphatic rings. The molecule has 0 aromatic heterocycles. The molecule has 0 atom stereocenters. The van der Waals surface area contributed by atoms with E-state index < -0.39 is 0 Å². The molecule has 15 heavy (non-hydrogen) atoms. The maximum Gasteiger partial charge on any atom is 0.269 e. The molecule has 4 nitrogen and oxygen atoms in total. The molecule has 0 heterocycles. The monoisotopic (exact) mass is 223 g/mol. The molecule has 1 aromatic rings. The highest BCUT2D eigenvalue weighted by Gasteiger charge is 2.09. The van der Waals surface area contributed by atoms with Crippen molar-refractivity contribution < 1.29 is 4.79 Å². The number of thiocarbonyl (C=S) groups is 1. The number of nitrogens with one attached hydrogen (secondary N) is 2. The average Bonchev–Trinajstić information content (AvgIpc) is 2.18. The van der Waals surface area contributed by atoms with Crippen LogP contribution in [0.15, 0.2) is 18.2 Å². The first-order valence-corrected chi connectivity index (χ1v) is 4.85. The van der Waals surface area contributed by atoms with Gasteiger partial charge in [-0.15, -0.1) is 0 Å². The SMILES string of the molecule is Cc1cccc(C(=O)NNC(N)=S)c1C. The number of nitrogens with two attached hydrogens (primary N) is 1. The minimum Gasteiger partial charge on any atom is -0.375 e. The number of rotatable bonds is 1.